The third kappa shape index (κ3) is 4.66. The molecule has 0 spiro atoms. The van der Waals surface area contributed by atoms with Crippen LogP contribution in [-0.2, 0) is 9.59 Å². The van der Waals surface area contributed by atoms with Crippen molar-refractivity contribution in [3.8, 4) is 0 Å². The third-order valence-corrected chi connectivity index (χ3v) is 1.90. The van der Waals surface area contributed by atoms with Gasteiger partial charge in [0.2, 0.25) is 0 Å². The van der Waals surface area contributed by atoms with Gasteiger partial charge in [0.1, 0.15) is 0 Å². The number of hydrogen-bond acceptors (Lipinski definition) is 4. The Morgan fingerprint density at radius 1 is 0.750 bits per heavy atom. The van der Waals surface area contributed by atoms with E-state index < -0.39 is 33.1 Å². The Bertz CT molecular complexity index is 289. The molecule has 0 saturated carbocycles. The number of halogens is 2. The Hall–Kier alpha value is 0.920. The minimum Gasteiger partial charge on any atom is -0.869 e. The van der Waals surface area contributed by atoms with E-state index in [2.05, 4.69) is 0 Å². The smallest absolute Gasteiger partial charge is 0.190 e. The topological polar surface area (TPSA) is 143 Å². The molecule has 0 aromatic carbocycles. The summed E-state index contributed by atoms with van der Waals surface area (Å²) < 4.78 is 0. The fourth-order valence-electron chi connectivity index (χ4n) is 0.605. The third-order valence-electron chi connectivity index (χ3n) is 1.21. The zero-order chi connectivity index (χ0) is 9.46. The summed E-state index contributed by atoms with van der Waals surface area (Å²) in [6, 6.07) is 0. The van der Waals surface area contributed by atoms with Crippen LogP contribution in [-0.4, -0.2) is 81.6 Å². The summed E-state index contributed by atoms with van der Waals surface area (Å²) >= 11 is 10.2. The van der Waals surface area contributed by atoms with E-state index >= 15 is 0 Å². The predicted octanol–water partition coefficient (Wildman–Crippen LogP) is -3.65. The maximum absolute atomic E-state index is 10.7. The first kappa shape index (κ1) is 25.7. The number of rotatable bonds is 0. The maximum atomic E-state index is 10.7. The van der Waals surface area contributed by atoms with Crippen molar-refractivity contribution in [2.24, 2.45) is 0 Å². The average Bonchev–Trinajstić information content (AvgIpc) is 2.08. The fraction of sp³-hybridized carbons (Fsp3) is 0. The van der Waals surface area contributed by atoms with Crippen LogP contribution >= 0.6 is 23.2 Å². The van der Waals surface area contributed by atoms with E-state index in [0.29, 0.717) is 0 Å². The van der Waals surface area contributed by atoms with Gasteiger partial charge in [0.05, 0.1) is 10.1 Å². The normalized spacial score (nSPS) is 14.4. The molecule has 1 aliphatic carbocycles. The van der Waals surface area contributed by atoms with E-state index in [9.17, 15) is 19.8 Å². The second kappa shape index (κ2) is 9.90. The summed E-state index contributed by atoms with van der Waals surface area (Å²) in [7, 11) is 0. The molecule has 0 saturated heterocycles. The van der Waals surface area contributed by atoms with Crippen LogP contribution in [0, 0.1) is 0 Å². The van der Waals surface area contributed by atoms with Crippen molar-refractivity contribution in [1.29, 1.82) is 0 Å². The number of Topliss-reactive ketones (excluding diaryl/α,β-unsaturated/α-hetero) is 2. The molecule has 0 bridgehead atoms. The van der Waals surface area contributed by atoms with Gasteiger partial charge in [0.15, 0.2) is 11.6 Å². The first-order valence-corrected chi connectivity index (χ1v) is 3.45. The van der Waals surface area contributed by atoms with E-state index in [1.165, 1.54) is 0 Å². The van der Waals surface area contributed by atoms with Gasteiger partial charge in [0.25, 0.3) is 0 Å². The van der Waals surface area contributed by atoms with Gasteiger partial charge < -0.3 is 21.2 Å². The summed E-state index contributed by atoms with van der Waals surface area (Å²) in [6.45, 7) is 0. The molecule has 0 aromatic rings. The molecule has 10 heteroatoms. The summed E-state index contributed by atoms with van der Waals surface area (Å²) in [6.07, 6.45) is 0. The van der Waals surface area contributed by atoms with Gasteiger partial charge in [-0.15, -0.1) is 0 Å². The molecule has 0 atom stereocenters. The van der Waals surface area contributed by atoms with Gasteiger partial charge in [-0.3, -0.25) is 9.59 Å². The number of carbonyl (C=O) groups is 2. The number of hydrogen-bond donors (Lipinski definition) is 0. The van der Waals surface area contributed by atoms with Crippen molar-refractivity contribution in [3.63, 3.8) is 0 Å². The van der Waals surface area contributed by atoms with Crippen LogP contribution in [0.4, 0.5) is 0 Å². The molecule has 1 aliphatic rings. The van der Waals surface area contributed by atoms with Gasteiger partial charge in [0, 0.05) is 59.1 Å². The Labute approximate surface area is 144 Å². The summed E-state index contributed by atoms with van der Waals surface area (Å²) in [5.74, 6) is -4.92. The molecule has 0 amide bonds. The van der Waals surface area contributed by atoms with E-state index in [0.717, 1.165) is 0 Å². The van der Waals surface area contributed by atoms with Gasteiger partial charge in [-0.25, -0.2) is 0 Å². The van der Waals surface area contributed by atoms with Crippen LogP contribution < -0.4 is 10.2 Å². The van der Waals surface area contributed by atoms with Gasteiger partial charge >= 0.3 is 0 Å². The first-order valence-electron chi connectivity index (χ1n) is 2.69. The van der Waals surface area contributed by atoms with Crippen molar-refractivity contribution in [2.45, 2.75) is 0 Å². The SMILES string of the molecule is O.O.O=C1C([O-])=C(Cl)C(=O)C([O-])=C1Cl.[Na].[Na]. The molecular formula is C6H4Cl2Na2O6-2. The van der Waals surface area contributed by atoms with Crippen LogP contribution in [0.5, 0.6) is 0 Å². The molecule has 0 unspecified atom stereocenters. The molecule has 0 aliphatic heterocycles. The van der Waals surface area contributed by atoms with E-state index in [1.54, 1.807) is 0 Å². The van der Waals surface area contributed by atoms with E-state index in [4.69, 9.17) is 23.2 Å². The van der Waals surface area contributed by atoms with Crippen molar-refractivity contribution in [3.05, 3.63) is 21.6 Å². The standard InChI is InChI=1S/C6H2Cl2O4.2Na.2H2O/c7-1-3(9)5(11)2(8)6(12)4(1)10;;;;/h9,12H;;;2*1H2/p-2. The van der Waals surface area contributed by atoms with Crippen LogP contribution in [0.1, 0.15) is 0 Å². The number of ketones is 2. The zero-order valence-corrected chi connectivity index (χ0v) is 13.9. The zero-order valence-electron chi connectivity index (χ0n) is 8.39. The molecular weight excluding hydrogens is 285 g/mol. The van der Waals surface area contributed by atoms with E-state index in [1.807, 2.05) is 0 Å². The molecule has 6 nitrogen and oxygen atoms in total. The Morgan fingerprint density at radius 2 is 0.938 bits per heavy atom. The second-order valence-electron chi connectivity index (χ2n) is 1.94. The number of allylic oxidation sites excluding steroid dienone is 2. The molecule has 0 fully saturated rings. The second-order valence-corrected chi connectivity index (χ2v) is 2.70. The quantitative estimate of drug-likeness (QED) is 0.334. The van der Waals surface area contributed by atoms with Crippen LogP contribution in [0.25, 0.3) is 0 Å². The van der Waals surface area contributed by atoms with Crippen LogP contribution in [0.15, 0.2) is 21.6 Å². The average molecular weight is 289 g/mol. The predicted molar refractivity (Wildman–Crippen MR) is 54.5 cm³/mol. The molecule has 4 N–H and O–H groups in total. The van der Waals surface area contributed by atoms with Crippen LogP contribution in [0.3, 0.4) is 0 Å². The Kier molecular flexibility index (Phi) is 15.9. The molecule has 1 rings (SSSR count). The number of carbonyl (C=O) groups excluding carboxylic acids is 2. The summed E-state index contributed by atoms with van der Waals surface area (Å²) in [4.78, 5) is 21.4. The van der Waals surface area contributed by atoms with Gasteiger partial charge in [-0.1, -0.05) is 23.2 Å². The van der Waals surface area contributed by atoms with E-state index in [-0.39, 0.29) is 70.1 Å². The summed E-state index contributed by atoms with van der Waals surface area (Å²) in [5, 5.41) is 19.6. The first-order chi connectivity index (χ1) is 5.46. The monoisotopic (exact) mass is 288 g/mol. The Morgan fingerprint density at radius 3 is 1.12 bits per heavy atom. The van der Waals surface area contributed by atoms with Crippen molar-refractivity contribution in [2.75, 3.05) is 0 Å². The molecule has 16 heavy (non-hydrogen) atoms. The Balaban J connectivity index is -0.000000180. The molecule has 0 heterocycles. The van der Waals surface area contributed by atoms with Gasteiger partial charge in [-0.2, -0.15) is 0 Å². The van der Waals surface area contributed by atoms with Crippen molar-refractivity contribution >= 4 is 93.9 Å². The van der Waals surface area contributed by atoms with Crippen molar-refractivity contribution in [1.82, 2.24) is 0 Å². The molecule has 2 radical (unpaired) electrons. The van der Waals surface area contributed by atoms with Crippen LogP contribution in [0.2, 0.25) is 0 Å². The minimum absolute atomic E-state index is 0. The minimum atomic E-state index is -1.23. The molecule has 82 valence electrons. The van der Waals surface area contributed by atoms with Gasteiger partial charge in [-0.05, 0) is 11.5 Å². The molecule has 0 aromatic heterocycles. The van der Waals surface area contributed by atoms with Crippen molar-refractivity contribution < 1.29 is 30.8 Å². The largest absolute Gasteiger partial charge is 0.869 e. The maximum Gasteiger partial charge on any atom is 0.190 e. The summed E-state index contributed by atoms with van der Waals surface area (Å²) in [5.41, 5.74) is 0. The fourth-order valence-corrected chi connectivity index (χ4v) is 0.948.